The van der Waals surface area contributed by atoms with E-state index in [0.29, 0.717) is 6.04 Å². The monoisotopic (exact) mass is 245 g/mol. The highest BCUT2D eigenvalue weighted by Gasteiger charge is 2.19. The lowest BCUT2D eigenvalue weighted by molar-refractivity contribution is 0.280. The summed E-state index contributed by atoms with van der Waals surface area (Å²) in [7, 11) is 0. The summed E-state index contributed by atoms with van der Waals surface area (Å²) < 4.78 is 0. The second kappa shape index (κ2) is 6.94. The molecule has 100 valence electrons. The average Bonchev–Trinajstić information content (AvgIpc) is 2.46. The Morgan fingerprint density at radius 3 is 2.28 bits per heavy atom. The standard InChI is InChI=1S/C17H27N/c1-3-15-9-11-16(12-10-15)13-18-14(2)17-7-5-4-6-8-17/h9-12,14,17-18H,3-8,13H2,1-2H3/t14-/m0/s1. The van der Waals surface area contributed by atoms with E-state index in [9.17, 15) is 0 Å². The van der Waals surface area contributed by atoms with Crippen molar-refractivity contribution in [2.24, 2.45) is 5.92 Å². The normalized spacial score (nSPS) is 18.8. The van der Waals surface area contributed by atoms with E-state index in [0.717, 1.165) is 18.9 Å². The molecular formula is C17H27N. The average molecular weight is 245 g/mol. The largest absolute Gasteiger partial charge is 0.310 e. The first-order chi connectivity index (χ1) is 8.79. The van der Waals surface area contributed by atoms with Crippen molar-refractivity contribution in [1.82, 2.24) is 5.32 Å². The maximum Gasteiger partial charge on any atom is 0.0208 e. The number of rotatable bonds is 5. The second-order valence-electron chi connectivity index (χ2n) is 5.74. The van der Waals surface area contributed by atoms with Crippen LogP contribution in [0.3, 0.4) is 0 Å². The molecule has 1 N–H and O–H groups in total. The van der Waals surface area contributed by atoms with Crippen LogP contribution in [0.2, 0.25) is 0 Å². The molecule has 1 aromatic carbocycles. The van der Waals surface area contributed by atoms with Crippen molar-refractivity contribution in [3.63, 3.8) is 0 Å². The minimum Gasteiger partial charge on any atom is -0.310 e. The van der Waals surface area contributed by atoms with Crippen LogP contribution in [0, 0.1) is 5.92 Å². The van der Waals surface area contributed by atoms with Crippen molar-refractivity contribution >= 4 is 0 Å². The van der Waals surface area contributed by atoms with Crippen LogP contribution >= 0.6 is 0 Å². The summed E-state index contributed by atoms with van der Waals surface area (Å²) in [5, 5.41) is 3.71. The highest BCUT2D eigenvalue weighted by molar-refractivity contribution is 5.22. The molecule has 1 aliphatic rings. The van der Waals surface area contributed by atoms with Crippen LogP contribution < -0.4 is 5.32 Å². The molecule has 18 heavy (non-hydrogen) atoms. The fraction of sp³-hybridized carbons (Fsp3) is 0.647. The highest BCUT2D eigenvalue weighted by atomic mass is 14.9. The molecule has 0 bridgehead atoms. The Balaban J connectivity index is 1.78. The molecule has 1 aromatic rings. The van der Waals surface area contributed by atoms with Crippen LogP contribution in [-0.4, -0.2) is 6.04 Å². The zero-order chi connectivity index (χ0) is 12.8. The first-order valence-corrected chi connectivity index (χ1v) is 7.60. The van der Waals surface area contributed by atoms with Crippen molar-refractivity contribution in [1.29, 1.82) is 0 Å². The lowest BCUT2D eigenvalue weighted by Gasteiger charge is -2.28. The van der Waals surface area contributed by atoms with Gasteiger partial charge in [-0.3, -0.25) is 0 Å². The van der Waals surface area contributed by atoms with Crippen LogP contribution in [0.1, 0.15) is 57.1 Å². The molecule has 1 fully saturated rings. The Morgan fingerprint density at radius 2 is 1.67 bits per heavy atom. The predicted octanol–water partition coefficient (Wildman–Crippen LogP) is 4.31. The topological polar surface area (TPSA) is 12.0 Å². The molecule has 1 heteroatoms. The minimum atomic E-state index is 0.663. The van der Waals surface area contributed by atoms with E-state index in [2.05, 4.69) is 43.4 Å². The summed E-state index contributed by atoms with van der Waals surface area (Å²) in [6, 6.07) is 9.69. The lowest BCUT2D eigenvalue weighted by Crippen LogP contribution is -2.34. The molecule has 0 spiro atoms. The van der Waals surface area contributed by atoms with Gasteiger partial charge >= 0.3 is 0 Å². The van der Waals surface area contributed by atoms with Crippen LogP contribution in [-0.2, 0) is 13.0 Å². The number of nitrogens with one attached hydrogen (secondary N) is 1. The Morgan fingerprint density at radius 1 is 1.06 bits per heavy atom. The van der Waals surface area contributed by atoms with E-state index < -0.39 is 0 Å². The highest BCUT2D eigenvalue weighted by Crippen LogP contribution is 2.26. The van der Waals surface area contributed by atoms with Gasteiger partial charge in [0.15, 0.2) is 0 Å². The summed E-state index contributed by atoms with van der Waals surface area (Å²) in [6.07, 6.45) is 8.28. The van der Waals surface area contributed by atoms with Crippen LogP contribution in [0.25, 0.3) is 0 Å². The third-order valence-corrected chi connectivity index (χ3v) is 4.42. The number of aryl methyl sites for hydroxylation is 1. The van der Waals surface area contributed by atoms with Gasteiger partial charge < -0.3 is 5.32 Å². The van der Waals surface area contributed by atoms with Crippen molar-refractivity contribution in [2.45, 2.75) is 65.0 Å². The molecule has 0 aromatic heterocycles. The van der Waals surface area contributed by atoms with Crippen LogP contribution in [0.5, 0.6) is 0 Å². The fourth-order valence-corrected chi connectivity index (χ4v) is 2.97. The smallest absolute Gasteiger partial charge is 0.0208 e. The molecule has 1 saturated carbocycles. The van der Waals surface area contributed by atoms with Gasteiger partial charge in [0.1, 0.15) is 0 Å². The SMILES string of the molecule is CCc1ccc(CN[C@@H](C)C2CCCCC2)cc1. The molecule has 0 unspecified atom stereocenters. The Labute approximate surface area is 112 Å². The molecule has 1 atom stereocenters. The quantitative estimate of drug-likeness (QED) is 0.815. The van der Waals surface area contributed by atoms with E-state index in [-0.39, 0.29) is 0 Å². The third-order valence-electron chi connectivity index (χ3n) is 4.42. The van der Waals surface area contributed by atoms with Gasteiger partial charge in [0, 0.05) is 12.6 Å². The predicted molar refractivity (Wildman–Crippen MR) is 78.7 cm³/mol. The molecule has 1 aliphatic carbocycles. The van der Waals surface area contributed by atoms with Crippen molar-refractivity contribution in [3.8, 4) is 0 Å². The molecule has 1 nitrogen and oxygen atoms in total. The summed E-state index contributed by atoms with van der Waals surface area (Å²) >= 11 is 0. The Hall–Kier alpha value is -0.820. The summed E-state index contributed by atoms with van der Waals surface area (Å²) in [5.74, 6) is 0.897. The summed E-state index contributed by atoms with van der Waals surface area (Å²) in [6.45, 7) is 5.58. The summed E-state index contributed by atoms with van der Waals surface area (Å²) in [4.78, 5) is 0. The minimum absolute atomic E-state index is 0.663. The lowest BCUT2D eigenvalue weighted by atomic mass is 9.84. The molecule has 0 heterocycles. The number of hydrogen-bond acceptors (Lipinski definition) is 1. The zero-order valence-electron chi connectivity index (χ0n) is 11.9. The van der Waals surface area contributed by atoms with Gasteiger partial charge in [0.25, 0.3) is 0 Å². The van der Waals surface area contributed by atoms with Gasteiger partial charge in [-0.25, -0.2) is 0 Å². The third kappa shape index (κ3) is 3.84. The van der Waals surface area contributed by atoms with Gasteiger partial charge in [0.2, 0.25) is 0 Å². The molecular weight excluding hydrogens is 218 g/mol. The van der Waals surface area contributed by atoms with E-state index in [1.165, 1.54) is 43.2 Å². The first kappa shape index (κ1) is 13.6. The van der Waals surface area contributed by atoms with Gasteiger partial charge in [-0.2, -0.15) is 0 Å². The molecule has 0 radical (unpaired) electrons. The van der Waals surface area contributed by atoms with Gasteiger partial charge in [-0.15, -0.1) is 0 Å². The maximum atomic E-state index is 3.71. The number of hydrogen-bond donors (Lipinski definition) is 1. The number of benzene rings is 1. The van der Waals surface area contributed by atoms with Crippen LogP contribution in [0.4, 0.5) is 0 Å². The first-order valence-electron chi connectivity index (χ1n) is 7.60. The van der Waals surface area contributed by atoms with Crippen molar-refractivity contribution in [3.05, 3.63) is 35.4 Å². The van der Waals surface area contributed by atoms with E-state index >= 15 is 0 Å². The molecule has 0 amide bonds. The van der Waals surface area contributed by atoms with Gasteiger partial charge in [-0.1, -0.05) is 50.5 Å². The van der Waals surface area contributed by atoms with Crippen molar-refractivity contribution in [2.75, 3.05) is 0 Å². The van der Waals surface area contributed by atoms with E-state index in [4.69, 9.17) is 0 Å². The Bertz CT molecular complexity index is 335. The maximum absolute atomic E-state index is 3.71. The molecule has 0 aliphatic heterocycles. The fourth-order valence-electron chi connectivity index (χ4n) is 2.97. The zero-order valence-corrected chi connectivity index (χ0v) is 11.9. The van der Waals surface area contributed by atoms with Gasteiger partial charge in [-0.05, 0) is 43.2 Å². The van der Waals surface area contributed by atoms with Gasteiger partial charge in [0.05, 0.1) is 0 Å². The van der Waals surface area contributed by atoms with E-state index in [1.807, 2.05) is 0 Å². The van der Waals surface area contributed by atoms with Crippen LogP contribution in [0.15, 0.2) is 24.3 Å². The van der Waals surface area contributed by atoms with Crippen molar-refractivity contribution < 1.29 is 0 Å². The summed E-state index contributed by atoms with van der Waals surface area (Å²) in [5.41, 5.74) is 2.84. The second-order valence-corrected chi connectivity index (χ2v) is 5.74. The Kier molecular flexibility index (Phi) is 5.25. The molecule has 2 rings (SSSR count). The van der Waals surface area contributed by atoms with E-state index in [1.54, 1.807) is 0 Å². The molecule has 0 saturated heterocycles.